The summed E-state index contributed by atoms with van der Waals surface area (Å²) in [5, 5.41) is 0. The maximum atomic E-state index is 12.3. The van der Waals surface area contributed by atoms with Crippen molar-refractivity contribution in [2.45, 2.75) is 53.6 Å². The summed E-state index contributed by atoms with van der Waals surface area (Å²) >= 11 is 0. The number of carbonyl (C=O) groups is 4. The molecular formula is C21H32O8. The fraction of sp³-hybridized carbons (Fsp3) is 0.619. The van der Waals surface area contributed by atoms with Crippen LogP contribution in [0.1, 0.15) is 47.5 Å². The number of esters is 4. The highest BCUT2D eigenvalue weighted by molar-refractivity contribution is 5.82. The third-order valence-corrected chi connectivity index (χ3v) is 4.25. The summed E-state index contributed by atoms with van der Waals surface area (Å²) in [4.78, 5) is 47.0. The van der Waals surface area contributed by atoms with E-state index in [4.69, 9.17) is 18.9 Å². The molecule has 29 heavy (non-hydrogen) atoms. The van der Waals surface area contributed by atoms with Gasteiger partial charge >= 0.3 is 23.9 Å². The summed E-state index contributed by atoms with van der Waals surface area (Å²) in [7, 11) is 0. The molecule has 0 aliphatic rings. The van der Waals surface area contributed by atoms with Crippen LogP contribution in [-0.4, -0.2) is 49.8 Å². The molecule has 0 aromatic rings. The Kier molecular flexibility index (Phi) is 10.9. The third-order valence-electron chi connectivity index (χ3n) is 4.25. The Labute approximate surface area is 172 Å². The van der Waals surface area contributed by atoms with E-state index in [1.54, 1.807) is 27.7 Å². The van der Waals surface area contributed by atoms with Gasteiger partial charge in [0.25, 0.3) is 0 Å². The van der Waals surface area contributed by atoms with Gasteiger partial charge in [0.05, 0.1) is 11.8 Å². The molecule has 0 N–H and O–H groups in total. The lowest BCUT2D eigenvalue weighted by Gasteiger charge is -2.28. The molecule has 0 amide bonds. The lowest BCUT2D eigenvalue weighted by Crippen LogP contribution is -2.35. The van der Waals surface area contributed by atoms with Crippen LogP contribution in [0.25, 0.3) is 0 Å². The molecule has 0 bridgehead atoms. The second-order valence-electron chi connectivity index (χ2n) is 7.75. The smallest absolute Gasteiger partial charge is 0.330 e. The second-order valence-corrected chi connectivity index (χ2v) is 7.75. The predicted octanol–water partition coefficient (Wildman–Crippen LogP) is 2.75. The van der Waals surface area contributed by atoms with Crippen LogP contribution in [0.15, 0.2) is 25.3 Å². The first-order valence-corrected chi connectivity index (χ1v) is 9.34. The maximum Gasteiger partial charge on any atom is 0.330 e. The van der Waals surface area contributed by atoms with Gasteiger partial charge in [0.2, 0.25) is 0 Å². The zero-order valence-corrected chi connectivity index (χ0v) is 17.9. The van der Waals surface area contributed by atoms with Gasteiger partial charge in [-0.3, -0.25) is 9.59 Å². The summed E-state index contributed by atoms with van der Waals surface area (Å²) < 4.78 is 20.5. The Balaban J connectivity index is 4.82. The number of carbonyl (C=O) groups excluding carboxylic acids is 4. The highest BCUT2D eigenvalue weighted by Gasteiger charge is 2.33. The minimum atomic E-state index is -1.02. The van der Waals surface area contributed by atoms with E-state index < -0.39 is 34.8 Å². The van der Waals surface area contributed by atoms with Crippen molar-refractivity contribution in [3.63, 3.8) is 0 Å². The molecular weight excluding hydrogens is 380 g/mol. The zero-order valence-electron chi connectivity index (χ0n) is 17.9. The monoisotopic (exact) mass is 412 g/mol. The van der Waals surface area contributed by atoms with Gasteiger partial charge in [0.15, 0.2) is 0 Å². The van der Waals surface area contributed by atoms with Crippen LogP contribution in [0, 0.1) is 10.8 Å². The number of ether oxygens (including phenoxy) is 4. The molecule has 8 nitrogen and oxygen atoms in total. The quantitative estimate of drug-likeness (QED) is 0.258. The molecule has 0 radical (unpaired) electrons. The van der Waals surface area contributed by atoms with E-state index in [0.29, 0.717) is 6.42 Å². The van der Waals surface area contributed by atoms with Gasteiger partial charge in [-0.1, -0.05) is 27.0 Å². The molecule has 0 heterocycles. The number of hydrogen-bond acceptors (Lipinski definition) is 8. The van der Waals surface area contributed by atoms with Crippen LogP contribution in [0.4, 0.5) is 0 Å². The topological polar surface area (TPSA) is 105 Å². The average molecular weight is 412 g/mol. The average Bonchev–Trinajstić information content (AvgIpc) is 2.67. The van der Waals surface area contributed by atoms with E-state index in [-0.39, 0.29) is 32.2 Å². The highest BCUT2D eigenvalue weighted by Crippen LogP contribution is 2.25. The van der Waals surface area contributed by atoms with E-state index in [0.717, 1.165) is 12.2 Å². The summed E-state index contributed by atoms with van der Waals surface area (Å²) in [6.07, 6.45) is 1.73. The fourth-order valence-electron chi connectivity index (χ4n) is 1.93. The van der Waals surface area contributed by atoms with Gasteiger partial charge in [0, 0.05) is 17.6 Å². The SMILES string of the molecule is C=CC(=O)OCC(C)(COC(=O)C=C)CC(=O)OC(C)COC(=O)C(C)(C)CC. The minimum absolute atomic E-state index is 0.0817. The Morgan fingerprint density at radius 3 is 1.83 bits per heavy atom. The van der Waals surface area contributed by atoms with Gasteiger partial charge in [-0.2, -0.15) is 0 Å². The molecule has 1 unspecified atom stereocenters. The standard InChI is InChI=1S/C21H32O8/c1-8-16(22)27-13-21(7,14-28-17(23)9-2)11-18(24)29-15(4)12-26-19(25)20(5,6)10-3/h8-9,15H,1-2,10-14H2,3-7H3. The van der Waals surface area contributed by atoms with Crippen molar-refractivity contribution in [1.29, 1.82) is 0 Å². The van der Waals surface area contributed by atoms with Crippen molar-refractivity contribution < 1.29 is 38.1 Å². The minimum Gasteiger partial charge on any atom is -0.462 e. The van der Waals surface area contributed by atoms with Crippen LogP contribution in [0.3, 0.4) is 0 Å². The molecule has 0 saturated heterocycles. The molecule has 0 spiro atoms. The van der Waals surface area contributed by atoms with E-state index in [9.17, 15) is 19.2 Å². The maximum absolute atomic E-state index is 12.3. The first-order chi connectivity index (χ1) is 13.4. The molecule has 0 aromatic heterocycles. The van der Waals surface area contributed by atoms with Crippen LogP contribution >= 0.6 is 0 Å². The zero-order chi connectivity index (χ0) is 22.7. The summed E-state index contributed by atoms with van der Waals surface area (Å²) in [5.74, 6) is -2.33. The molecule has 0 saturated carbocycles. The molecule has 0 rings (SSSR count). The van der Waals surface area contributed by atoms with Gasteiger partial charge in [-0.15, -0.1) is 0 Å². The summed E-state index contributed by atoms with van der Waals surface area (Å²) in [6.45, 7) is 14.8. The van der Waals surface area contributed by atoms with Gasteiger partial charge in [-0.05, 0) is 27.2 Å². The van der Waals surface area contributed by atoms with E-state index >= 15 is 0 Å². The van der Waals surface area contributed by atoms with Crippen LogP contribution in [0.5, 0.6) is 0 Å². The van der Waals surface area contributed by atoms with Gasteiger partial charge in [-0.25, -0.2) is 9.59 Å². The first-order valence-electron chi connectivity index (χ1n) is 9.34. The molecule has 0 aliphatic carbocycles. The van der Waals surface area contributed by atoms with Crippen LogP contribution < -0.4 is 0 Å². The Morgan fingerprint density at radius 1 is 0.931 bits per heavy atom. The second kappa shape index (κ2) is 12.0. The third kappa shape index (κ3) is 10.5. The molecule has 8 heteroatoms. The van der Waals surface area contributed by atoms with Crippen molar-refractivity contribution in [2.75, 3.05) is 19.8 Å². The van der Waals surface area contributed by atoms with Crippen molar-refractivity contribution >= 4 is 23.9 Å². The lowest BCUT2D eigenvalue weighted by molar-refractivity contribution is -0.167. The number of rotatable bonds is 13. The van der Waals surface area contributed by atoms with Crippen molar-refractivity contribution in [3.8, 4) is 0 Å². The van der Waals surface area contributed by atoms with Crippen molar-refractivity contribution in [1.82, 2.24) is 0 Å². The predicted molar refractivity (Wildman–Crippen MR) is 106 cm³/mol. The van der Waals surface area contributed by atoms with E-state index in [2.05, 4.69) is 13.2 Å². The molecule has 0 aliphatic heterocycles. The normalized spacial score (nSPS) is 12.3. The first kappa shape index (κ1) is 26.4. The van der Waals surface area contributed by atoms with Crippen molar-refractivity contribution in [3.05, 3.63) is 25.3 Å². The molecule has 0 fully saturated rings. The highest BCUT2D eigenvalue weighted by atomic mass is 16.6. The summed E-state index contributed by atoms with van der Waals surface area (Å²) in [5.41, 5.74) is -1.64. The number of hydrogen-bond donors (Lipinski definition) is 0. The molecule has 0 aromatic carbocycles. The molecule has 1 atom stereocenters. The molecule has 164 valence electrons. The van der Waals surface area contributed by atoms with Crippen molar-refractivity contribution in [2.24, 2.45) is 10.8 Å². The lowest BCUT2D eigenvalue weighted by atomic mass is 9.88. The fourth-order valence-corrected chi connectivity index (χ4v) is 1.93. The van der Waals surface area contributed by atoms with Gasteiger partial charge < -0.3 is 18.9 Å². The van der Waals surface area contributed by atoms with Crippen LogP contribution in [0.2, 0.25) is 0 Å². The Hall–Kier alpha value is -2.64. The van der Waals surface area contributed by atoms with Gasteiger partial charge in [0.1, 0.15) is 25.9 Å². The Morgan fingerprint density at radius 2 is 1.41 bits per heavy atom. The largest absolute Gasteiger partial charge is 0.462 e. The van der Waals surface area contributed by atoms with E-state index in [1.807, 2.05) is 6.92 Å². The Bertz CT molecular complexity index is 596. The van der Waals surface area contributed by atoms with Crippen LogP contribution in [-0.2, 0) is 38.1 Å². The summed E-state index contributed by atoms with van der Waals surface area (Å²) in [6, 6.07) is 0. The van der Waals surface area contributed by atoms with E-state index in [1.165, 1.54) is 0 Å².